The molecule has 0 aromatic heterocycles. The normalized spacial score (nSPS) is 17.1. The first-order chi connectivity index (χ1) is 7.77. The molecule has 0 saturated heterocycles. The Kier molecular flexibility index (Phi) is 3.54. The number of halogens is 1. The maximum absolute atomic E-state index is 13.2. The Hall–Kier alpha value is -1.38. The summed E-state index contributed by atoms with van der Waals surface area (Å²) in [5.74, 6) is -0.775. The Bertz CT molecular complexity index is 370. The van der Waals surface area contributed by atoms with Crippen molar-refractivity contribution in [1.29, 1.82) is 0 Å². The average Bonchev–Trinajstić information content (AvgIpc) is 2.33. The minimum Gasteiger partial charge on any atom is -0.423 e. The summed E-state index contributed by atoms with van der Waals surface area (Å²) in [7, 11) is 0. The number of ether oxygens (including phenoxy) is 1. The number of benzene rings is 1. The molecule has 86 valence electrons. The van der Waals surface area contributed by atoms with Gasteiger partial charge in [-0.2, -0.15) is 0 Å². The third kappa shape index (κ3) is 2.60. The van der Waals surface area contributed by atoms with Gasteiger partial charge in [-0.15, -0.1) is 0 Å². The number of esters is 1. The molecule has 1 saturated carbocycles. The fourth-order valence-electron chi connectivity index (χ4n) is 2.06. The predicted octanol–water partition coefficient (Wildman–Crippen LogP) is 3.31. The Labute approximate surface area is 94.4 Å². The third-order valence-electron chi connectivity index (χ3n) is 2.99. The van der Waals surface area contributed by atoms with E-state index in [9.17, 15) is 9.18 Å². The van der Waals surface area contributed by atoms with E-state index in [1.807, 2.05) is 0 Å². The number of carbonyl (C=O) groups is 1. The lowest BCUT2D eigenvalue weighted by molar-refractivity contribution is -0.140. The van der Waals surface area contributed by atoms with E-state index in [4.69, 9.17) is 4.74 Å². The Balaban J connectivity index is 1.99. The lowest BCUT2D eigenvalue weighted by atomic mass is 9.89. The van der Waals surface area contributed by atoms with Gasteiger partial charge in [0.25, 0.3) is 0 Å². The van der Waals surface area contributed by atoms with Gasteiger partial charge < -0.3 is 4.74 Å². The zero-order chi connectivity index (χ0) is 11.4. The van der Waals surface area contributed by atoms with Crippen LogP contribution in [-0.4, -0.2) is 5.97 Å². The van der Waals surface area contributed by atoms with Gasteiger partial charge in [0.2, 0.25) is 0 Å². The van der Waals surface area contributed by atoms with Gasteiger partial charge in [0.05, 0.1) is 5.92 Å². The molecule has 0 N–H and O–H groups in total. The minimum absolute atomic E-state index is 0.0399. The number of rotatable bonds is 2. The van der Waals surface area contributed by atoms with E-state index in [-0.39, 0.29) is 17.6 Å². The molecule has 3 heteroatoms. The highest BCUT2D eigenvalue weighted by Gasteiger charge is 2.23. The van der Waals surface area contributed by atoms with Crippen LogP contribution in [0.2, 0.25) is 0 Å². The standard InChI is InChI=1S/C13H15FO2/c14-11-8-4-5-9-12(11)16-13(15)10-6-2-1-3-7-10/h4-5,8-10H,1-3,6-7H2. The van der Waals surface area contributed by atoms with E-state index < -0.39 is 5.82 Å². The monoisotopic (exact) mass is 222 g/mol. The van der Waals surface area contributed by atoms with E-state index in [1.54, 1.807) is 12.1 Å². The highest BCUT2D eigenvalue weighted by Crippen LogP contribution is 2.26. The number of hydrogen-bond acceptors (Lipinski definition) is 2. The van der Waals surface area contributed by atoms with Crippen LogP contribution in [0.1, 0.15) is 32.1 Å². The summed E-state index contributed by atoms with van der Waals surface area (Å²) in [5, 5.41) is 0. The van der Waals surface area contributed by atoms with Crippen LogP contribution in [0.25, 0.3) is 0 Å². The maximum Gasteiger partial charge on any atom is 0.314 e. The number of hydrogen-bond donors (Lipinski definition) is 0. The van der Waals surface area contributed by atoms with E-state index in [1.165, 1.54) is 18.6 Å². The third-order valence-corrected chi connectivity index (χ3v) is 2.99. The maximum atomic E-state index is 13.2. The molecule has 1 aromatic rings. The molecule has 2 nitrogen and oxygen atoms in total. The fraction of sp³-hybridized carbons (Fsp3) is 0.462. The second-order valence-electron chi connectivity index (χ2n) is 4.19. The fourth-order valence-corrected chi connectivity index (χ4v) is 2.06. The first-order valence-electron chi connectivity index (χ1n) is 5.73. The summed E-state index contributed by atoms with van der Waals surface area (Å²) in [6.07, 6.45) is 5.05. The highest BCUT2D eigenvalue weighted by molar-refractivity contribution is 5.75. The Morgan fingerprint density at radius 2 is 1.88 bits per heavy atom. The highest BCUT2D eigenvalue weighted by atomic mass is 19.1. The van der Waals surface area contributed by atoms with Crippen LogP contribution < -0.4 is 4.74 Å². The van der Waals surface area contributed by atoms with Crippen molar-refractivity contribution in [3.05, 3.63) is 30.1 Å². The van der Waals surface area contributed by atoms with Crippen molar-refractivity contribution < 1.29 is 13.9 Å². The van der Waals surface area contributed by atoms with Crippen LogP contribution in [0.15, 0.2) is 24.3 Å². The summed E-state index contributed by atoms with van der Waals surface area (Å²) in [6.45, 7) is 0. The van der Waals surface area contributed by atoms with Crippen LogP contribution in [0.4, 0.5) is 4.39 Å². The molecule has 2 rings (SSSR count). The van der Waals surface area contributed by atoms with Crippen molar-refractivity contribution in [1.82, 2.24) is 0 Å². The smallest absolute Gasteiger partial charge is 0.314 e. The molecule has 0 atom stereocenters. The lowest BCUT2D eigenvalue weighted by Gasteiger charge is -2.19. The van der Waals surface area contributed by atoms with Crippen LogP contribution in [0.5, 0.6) is 5.75 Å². The summed E-state index contributed by atoms with van der Waals surface area (Å²) in [6, 6.07) is 6.01. The van der Waals surface area contributed by atoms with Gasteiger partial charge in [-0.05, 0) is 25.0 Å². The number of para-hydroxylation sites is 1. The second kappa shape index (κ2) is 5.10. The quantitative estimate of drug-likeness (QED) is 0.567. The molecule has 16 heavy (non-hydrogen) atoms. The molecule has 0 aliphatic heterocycles. The van der Waals surface area contributed by atoms with Crippen molar-refractivity contribution in [3.63, 3.8) is 0 Å². The van der Waals surface area contributed by atoms with Crippen LogP contribution in [0, 0.1) is 11.7 Å². The molecular weight excluding hydrogens is 207 g/mol. The van der Waals surface area contributed by atoms with Gasteiger partial charge in [-0.1, -0.05) is 31.4 Å². The van der Waals surface area contributed by atoms with Crippen molar-refractivity contribution in [3.8, 4) is 5.75 Å². The first-order valence-corrected chi connectivity index (χ1v) is 5.73. The average molecular weight is 222 g/mol. The summed E-state index contributed by atoms with van der Waals surface area (Å²) in [5.41, 5.74) is 0. The molecule has 1 aromatic carbocycles. The Morgan fingerprint density at radius 1 is 1.19 bits per heavy atom. The zero-order valence-corrected chi connectivity index (χ0v) is 9.12. The van der Waals surface area contributed by atoms with E-state index in [0.29, 0.717) is 0 Å². The lowest BCUT2D eigenvalue weighted by Crippen LogP contribution is -2.23. The van der Waals surface area contributed by atoms with Gasteiger partial charge >= 0.3 is 5.97 Å². The molecule has 1 fully saturated rings. The van der Waals surface area contributed by atoms with Crippen molar-refractivity contribution >= 4 is 5.97 Å². The van der Waals surface area contributed by atoms with E-state index in [2.05, 4.69) is 0 Å². The van der Waals surface area contributed by atoms with Gasteiger partial charge in [0, 0.05) is 0 Å². The molecule has 0 spiro atoms. The van der Waals surface area contributed by atoms with Gasteiger partial charge in [0.15, 0.2) is 11.6 Å². The molecule has 0 unspecified atom stereocenters. The van der Waals surface area contributed by atoms with Gasteiger partial charge in [-0.25, -0.2) is 4.39 Å². The molecule has 0 bridgehead atoms. The molecule has 0 heterocycles. The molecule has 0 amide bonds. The van der Waals surface area contributed by atoms with Crippen molar-refractivity contribution in [2.45, 2.75) is 32.1 Å². The molecule has 1 aliphatic rings. The van der Waals surface area contributed by atoms with Crippen LogP contribution in [0.3, 0.4) is 0 Å². The zero-order valence-electron chi connectivity index (χ0n) is 9.12. The van der Waals surface area contributed by atoms with Crippen molar-refractivity contribution in [2.24, 2.45) is 5.92 Å². The van der Waals surface area contributed by atoms with Crippen LogP contribution in [-0.2, 0) is 4.79 Å². The van der Waals surface area contributed by atoms with Gasteiger partial charge in [0.1, 0.15) is 0 Å². The topological polar surface area (TPSA) is 26.3 Å². The van der Waals surface area contributed by atoms with E-state index >= 15 is 0 Å². The molecule has 0 radical (unpaired) electrons. The second-order valence-corrected chi connectivity index (χ2v) is 4.19. The summed E-state index contributed by atoms with van der Waals surface area (Å²) >= 11 is 0. The first kappa shape index (κ1) is 11.1. The summed E-state index contributed by atoms with van der Waals surface area (Å²) in [4.78, 5) is 11.7. The summed E-state index contributed by atoms with van der Waals surface area (Å²) < 4.78 is 18.3. The molecule has 1 aliphatic carbocycles. The molecular formula is C13H15FO2. The van der Waals surface area contributed by atoms with E-state index in [0.717, 1.165) is 25.7 Å². The Morgan fingerprint density at radius 3 is 2.56 bits per heavy atom. The van der Waals surface area contributed by atoms with Crippen molar-refractivity contribution in [2.75, 3.05) is 0 Å². The van der Waals surface area contributed by atoms with Crippen LogP contribution >= 0.6 is 0 Å². The largest absolute Gasteiger partial charge is 0.423 e. The minimum atomic E-state index is -0.480. The number of carbonyl (C=O) groups excluding carboxylic acids is 1. The SMILES string of the molecule is O=C(Oc1ccccc1F)C1CCCCC1. The van der Waals surface area contributed by atoms with Gasteiger partial charge in [-0.3, -0.25) is 4.79 Å². The predicted molar refractivity (Wildman–Crippen MR) is 58.6 cm³/mol.